The molecule has 148 valence electrons. The first kappa shape index (κ1) is 20.4. The topological polar surface area (TPSA) is 68.3 Å². The van der Waals surface area contributed by atoms with Crippen LogP contribution >= 0.6 is 11.3 Å². The molecule has 0 aliphatic heterocycles. The number of thiazole rings is 1. The number of nitrogens with one attached hydrogen (secondary N) is 1. The third-order valence-electron chi connectivity index (χ3n) is 4.07. The van der Waals surface area contributed by atoms with Crippen LogP contribution in [0.25, 0.3) is 10.6 Å². The third-order valence-corrected chi connectivity index (χ3v) is 6.83. The summed E-state index contributed by atoms with van der Waals surface area (Å²) in [6.07, 6.45) is 0.515. The fourth-order valence-corrected chi connectivity index (χ4v) is 4.94. The van der Waals surface area contributed by atoms with E-state index in [0.29, 0.717) is 18.8 Å². The molecule has 0 amide bonds. The number of halogens is 1. The highest BCUT2D eigenvalue weighted by Crippen LogP contribution is 2.28. The molecule has 0 unspecified atom stereocenters. The summed E-state index contributed by atoms with van der Waals surface area (Å²) < 4.78 is 46.4. The molecular formula is C20H21FN2O3S2. The molecule has 3 aromatic rings. The Kier molecular flexibility index (Phi) is 6.43. The molecule has 0 radical (unpaired) electrons. The number of aromatic nitrogens is 1. The molecule has 5 nitrogen and oxygen atoms in total. The molecule has 0 spiro atoms. The lowest BCUT2D eigenvalue weighted by atomic mass is 10.2. The lowest BCUT2D eigenvalue weighted by Crippen LogP contribution is -2.26. The summed E-state index contributed by atoms with van der Waals surface area (Å²) in [5, 5.41) is 0.789. The van der Waals surface area contributed by atoms with Crippen LogP contribution in [0.5, 0.6) is 5.75 Å². The van der Waals surface area contributed by atoms with Gasteiger partial charge < -0.3 is 4.74 Å². The minimum atomic E-state index is -3.68. The van der Waals surface area contributed by atoms with E-state index in [-0.39, 0.29) is 17.3 Å². The Balaban J connectivity index is 1.69. The summed E-state index contributed by atoms with van der Waals surface area (Å²) in [4.78, 5) is 5.64. The van der Waals surface area contributed by atoms with Gasteiger partial charge in [0.15, 0.2) is 0 Å². The second kappa shape index (κ2) is 8.81. The molecule has 28 heavy (non-hydrogen) atoms. The van der Waals surface area contributed by atoms with Gasteiger partial charge in [0.05, 0.1) is 12.3 Å². The van der Waals surface area contributed by atoms with Crippen LogP contribution in [0.1, 0.15) is 17.5 Å². The molecule has 2 aromatic carbocycles. The summed E-state index contributed by atoms with van der Waals surface area (Å²) in [6, 6.07) is 12.7. The van der Waals surface area contributed by atoms with Crippen LogP contribution in [0, 0.1) is 12.7 Å². The Bertz CT molecular complexity index is 1050. The maximum Gasteiger partial charge on any atom is 0.244 e. The van der Waals surface area contributed by atoms with Gasteiger partial charge in [0, 0.05) is 17.0 Å². The summed E-state index contributed by atoms with van der Waals surface area (Å²) in [5.74, 6) is 0.0454. The predicted octanol–water partition coefficient (Wildman–Crippen LogP) is 4.18. The van der Waals surface area contributed by atoms with Crippen molar-refractivity contribution in [2.45, 2.75) is 25.2 Å². The average Bonchev–Trinajstić information content (AvgIpc) is 3.03. The number of hydrogen-bond acceptors (Lipinski definition) is 5. The number of nitrogens with zero attached hydrogens (tertiary/aromatic N) is 1. The maximum atomic E-state index is 13.1. The lowest BCUT2D eigenvalue weighted by molar-refractivity contribution is 0.331. The van der Waals surface area contributed by atoms with Gasteiger partial charge in [0.2, 0.25) is 10.0 Å². The van der Waals surface area contributed by atoms with Crippen molar-refractivity contribution < 1.29 is 17.5 Å². The first-order chi connectivity index (χ1) is 13.4. The minimum Gasteiger partial charge on any atom is -0.492 e. The van der Waals surface area contributed by atoms with Crippen molar-refractivity contribution in [3.05, 3.63) is 64.9 Å². The van der Waals surface area contributed by atoms with E-state index in [1.165, 1.54) is 29.5 Å². The molecule has 0 fully saturated rings. The van der Waals surface area contributed by atoms with E-state index in [9.17, 15) is 12.8 Å². The Labute approximate surface area is 168 Å². The zero-order valence-electron chi connectivity index (χ0n) is 15.6. The fraction of sp³-hybridized carbons (Fsp3) is 0.250. The van der Waals surface area contributed by atoms with Crippen molar-refractivity contribution >= 4 is 21.4 Å². The summed E-state index contributed by atoms with van der Waals surface area (Å²) >= 11 is 1.48. The number of aryl methyl sites for hydroxylation is 1. The minimum absolute atomic E-state index is 0.130. The van der Waals surface area contributed by atoms with Gasteiger partial charge in [-0.2, -0.15) is 0 Å². The molecule has 8 heteroatoms. The average molecular weight is 421 g/mol. The predicted molar refractivity (Wildman–Crippen MR) is 109 cm³/mol. The van der Waals surface area contributed by atoms with Gasteiger partial charge in [-0.15, -0.1) is 11.3 Å². The van der Waals surface area contributed by atoms with Crippen molar-refractivity contribution in [2.75, 3.05) is 13.2 Å². The van der Waals surface area contributed by atoms with Crippen LogP contribution in [-0.4, -0.2) is 26.6 Å². The zero-order valence-corrected chi connectivity index (χ0v) is 17.2. The smallest absolute Gasteiger partial charge is 0.244 e. The van der Waals surface area contributed by atoms with Gasteiger partial charge in [-0.05, 0) is 56.7 Å². The summed E-state index contributed by atoms with van der Waals surface area (Å²) in [6.45, 7) is 4.33. The van der Waals surface area contributed by atoms with Crippen molar-refractivity contribution in [3.63, 3.8) is 0 Å². The van der Waals surface area contributed by atoms with Crippen molar-refractivity contribution in [3.8, 4) is 16.3 Å². The van der Waals surface area contributed by atoms with Crippen LogP contribution < -0.4 is 9.46 Å². The van der Waals surface area contributed by atoms with E-state index in [0.717, 1.165) is 21.1 Å². The molecule has 0 aliphatic carbocycles. The molecule has 1 N–H and O–H groups in total. The summed E-state index contributed by atoms with van der Waals surface area (Å²) in [5.41, 5.74) is 1.69. The van der Waals surface area contributed by atoms with Crippen LogP contribution in [0.15, 0.2) is 53.4 Å². The Hall–Kier alpha value is -2.29. The number of para-hydroxylation sites is 1. The Morgan fingerprint density at radius 3 is 2.57 bits per heavy atom. The van der Waals surface area contributed by atoms with Crippen molar-refractivity contribution in [2.24, 2.45) is 0 Å². The van der Waals surface area contributed by atoms with E-state index in [2.05, 4.69) is 9.71 Å². The number of sulfonamides is 1. The molecule has 1 aromatic heterocycles. The number of benzene rings is 2. The molecule has 0 atom stereocenters. The molecule has 0 bridgehead atoms. The molecule has 0 saturated carbocycles. The van der Waals surface area contributed by atoms with E-state index < -0.39 is 10.0 Å². The highest BCUT2D eigenvalue weighted by atomic mass is 32.2. The van der Waals surface area contributed by atoms with Crippen LogP contribution in [-0.2, 0) is 16.4 Å². The molecular weight excluding hydrogens is 399 g/mol. The monoisotopic (exact) mass is 420 g/mol. The number of ether oxygens (including phenoxy) is 1. The van der Waals surface area contributed by atoms with E-state index in [4.69, 9.17) is 4.74 Å². The van der Waals surface area contributed by atoms with Crippen molar-refractivity contribution in [1.29, 1.82) is 0 Å². The lowest BCUT2D eigenvalue weighted by Gasteiger charge is -2.11. The van der Waals surface area contributed by atoms with E-state index >= 15 is 0 Å². The third kappa shape index (κ3) is 4.76. The van der Waals surface area contributed by atoms with Gasteiger partial charge in [0.25, 0.3) is 0 Å². The molecule has 1 heterocycles. The highest BCUT2D eigenvalue weighted by Gasteiger charge is 2.19. The standard InChI is InChI=1S/C20H21FN2O3S2/c1-3-26-17-6-4-5-7-19(17)28(24,25)22-13-12-18-14(2)23-20(27-18)15-8-10-16(21)11-9-15/h4-11,22H,3,12-13H2,1-2H3. The van der Waals surface area contributed by atoms with Gasteiger partial charge in [-0.1, -0.05) is 12.1 Å². The van der Waals surface area contributed by atoms with Crippen LogP contribution in [0.4, 0.5) is 4.39 Å². The molecule has 0 aliphatic rings. The van der Waals surface area contributed by atoms with E-state index in [1.807, 2.05) is 13.8 Å². The van der Waals surface area contributed by atoms with Crippen LogP contribution in [0.2, 0.25) is 0 Å². The van der Waals surface area contributed by atoms with Gasteiger partial charge in [-0.25, -0.2) is 22.5 Å². The Morgan fingerprint density at radius 1 is 1.14 bits per heavy atom. The quantitative estimate of drug-likeness (QED) is 0.594. The van der Waals surface area contributed by atoms with Crippen molar-refractivity contribution in [1.82, 2.24) is 9.71 Å². The highest BCUT2D eigenvalue weighted by molar-refractivity contribution is 7.89. The summed E-state index contributed by atoms with van der Waals surface area (Å²) in [7, 11) is -3.68. The second-order valence-corrected chi connectivity index (χ2v) is 8.88. The van der Waals surface area contributed by atoms with Crippen LogP contribution in [0.3, 0.4) is 0 Å². The largest absolute Gasteiger partial charge is 0.492 e. The fourth-order valence-electron chi connectivity index (χ4n) is 2.70. The van der Waals surface area contributed by atoms with Gasteiger partial charge in [0.1, 0.15) is 21.5 Å². The molecule has 0 saturated heterocycles. The van der Waals surface area contributed by atoms with E-state index in [1.54, 1.807) is 30.3 Å². The zero-order chi connectivity index (χ0) is 20.1. The number of hydrogen-bond donors (Lipinski definition) is 1. The number of rotatable bonds is 8. The first-order valence-corrected chi connectivity index (χ1v) is 11.1. The van der Waals surface area contributed by atoms with Gasteiger partial charge in [-0.3, -0.25) is 0 Å². The second-order valence-electron chi connectivity index (χ2n) is 6.06. The SMILES string of the molecule is CCOc1ccccc1S(=O)(=O)NCCc1sc(-c2ccc(F)cc2)nc1C. The Morgan fingerprint density at radius 2 is 1.86 bits per heavy atom. The normalized spacial score (nSPS) is 11.5. The molecule has 3 rings (SSSR count). The first-order valence-electron chi connectivity index (χ1n) is 8.84. The van der Waals surface area contributed by atoms with Gasteiger partial charge >= 0.3 is 0 Å². The maximum absolute atomic E-state index is 13.1.